The van der Waals surface area contributed by atoms with Crippen molar-refractivity contribution in [2.75, 3.05) is 23.4 Å². The summed E-state index contributed by atoms with van der Waals surface area (Å²) in [6.07, 6.45) is 3.12. The molecule has 6 nitrogen and oxygen atoms in total. The molecule has 1 aromatic heterocycles. The van der Waals surface area contributed by atoms with Crippen molar-refractivity contribution in [3.63, 3.8) is 0 Å². The molecule has 0 aliphatic carbocycles. The largest absolute Gasteiger partial charge is 0.481 e. The molecule has 7 heteroatoms. The maximum absolute atomic E-state index is 11.5. The molecule has 0 fully saturated rings. The Hall–Kier alpha value is -2.02. The zero-order chi connectivity index (χ0) is 14.8. The normalized spacial score (nSPS) is 9.80. The van der Waals surface area contributed by atoms with E-state index in [4.69, 9.17) is 5.11 Å². The van der Waals surface area contributed by atoms with Crippen molar-refractivity contribution in [1.82, 2.24) is 10.3 Å². The van der Waals surface area contributed by atoms with E-state index in [9.17, 15) is 9.59 Å². The Bertz CT molecular complexity index is 462. The van der Waals surface area contributed by atoms with Crippen LogP contribution in [0.15, 0.2) is 31.0 Å². The standard InChI is InChI=1S/C13H17N3O3S/c1-2-6-20-7-5-14-13(19)16-11-4-3-10(15-9-11)8-12(17)18/h2-4,9H,1,5-8H2,(H,17,18)(H2,14,16,19). The lowest BCUT2D eigenvalue weighted by Crippen LogP contribution is -2.30. The fourth-order valence-corrected chi connectivity index (χ4v) is 1.92. The molecule has 0 spiro atoms. The molecule has 0 atom stereocenters. The molecule has 1 heterocycles. The van der Waals surface area contributed by atoms with Gasteiger partial charge in [0.15, 0.2) is 0 Å². The Labute approximate surface area is 121 Å². The number of carboxylic acids is 1. The van der Waals surface area contributed by atoms with Crippen LogP contribution in [0.4, 0.5) is 10.5 Å². The lowest BCUT2D eigenvalue weighted by Gasteiger charge is -2.07. The summed E-state index contributed by atoms with van der Waals surface area (Å²) >= 11 is 1.68. The highest BCUT2D eigenvalue weighted by Crippen LogP contribution is 2.06. The molecule has 0 bridgehead atoms. The van der Waals surface area contributed by atoms with Crippen molar-refractivity contribution < 1.29 is 14.7 Å². The van der Waals surface area contributed by atoms with Crippen LogP contribution in [0.1, 0.15) is 5.69 Å². The van der Waals surface area contributed by atoms with Crippen molar-refractivity contribution in [2.45, 2.75) is 6.42 Å². The molecule has 0 aliphatic rings. The van der Waals surface area contributed by atoms with Gasteiger partial charge in [0, 0.05) is 18.1 Å². The summed E-state index contributed by atoms with van der Waals surface area (Å²) in [5.41, 5.74) is 0.972. The highest BCUT2D eigenvalue weighted by molar-refractivity contribution is 7.99. The van der Waals surface area contributed by atoms with Gasteiger partial charge in [-0.15, -0.1) is 6.58 Å². The van der Waals surface area contributed by atoms with Gasteiger partial charge < -0.3 is 15.7 Å². The summed E-state index contributed by atoms with van der Waals surface area (Å²) < 4.78 is 0. The number of amides is 2. The maximum atomic E-state index is 11.5. The molecular formula is C13H17N3O3S. The SMILES string of the molecule is C=CCSCCNC(=O)Nc1ccc(CC(=O)O)nc1. The average molecular weight is 295 g/mol. The number of nitrogens with zero attached hydrogens (tertiary/aromatic N) is 1. The van der Waals surface area contributed by atoms with E-state index in [1.165, 1.54) is 6.20 Å². The number of hydrogen-bond donors (Lipinski definition) is 3. The van der Waals surface area contributed by atoms with Crippen LogP contribution in [0.5, 0.6) is 0 Å². The molecule has 0 radical (unpaired) electrons. The van der Waals surface area contributed by atoms with Gasteiger partial charge in [-0.1, -0.05) is 6.08 Å². The van der Waals surface area contributed by atoms with Crippen LogP contribution in [0.2, 0.25) is 0 Å². The van der Waals surface area contributed by atoms with E-state index < -0.39 is 5.97 Å². The monoisotopic (exact) mass is 295 g/mol. The zero-order valence-corrected chi connectivity index (χ0v) is 11.8. The molecule has 0 aliphatic heterocycles. The highest BCUT2D eigenvalue weighted by atomic mass is 32.2. The van der Waals surface area contributed by atoms with E-state index in [0.29, 0.717) is 17.9 Å². The van der Waals surface area contributed by atoms with Crippen molar-refractivity contribution in [1.29, 1.82) is 0 Å². The number of hydrogen-bond acceptors (Lipinski definition) is 4. The van der Waals surface area contributed by atoms with Crippen LogP contribution in [0.25, 0.3) is 0 Å². The molecule has 1 rings (SSSR count). The van der Waals surface area contributed by atoms with E-state index in [-0.39, 0.29) is 12.5 Å². The number of aromatic nitrogens is 1. The number of thioether (sulfide) groups is 1. The molecule has 108 valence electrons. The zero-order valence-electron chi connectivity index (χ0n) is 11.0. The van der Waals surface area contributed by atoms with Crippen molar-refractivity contribution in [3.05, 3.63) is 36.7 Å². The van der Waals surface area contributed by atoms with Crippen molar-refractivity contribution >= 4 is 29.4 Å². The highest BCUT2D eigenvalue weighted by Gasteiger charge is 2.04. The second-order valence-electron chi connectivity index (χ2n) is 3.85. The van der Waals surface area contributed by atoms with Crippen LogP contribution >= 0.6 is 11.8 Å². The van der Waals surface area contributed by atoms with Crippen LogP contribution in [0, 0.1) is 0 Å². The predicted molar refractivity (Wildman–Crippen MR) is 80.1 cm³/mol. The molecule has 20 heavy (non-hydrogen) atoms. The minimum Gasteiger partial charge on any atom is -0.481 e. The van der Waals surface area contributed by atoms with Crippen LogP contribution in [-0.4, -0.2) is 40.1 Å². The summed E-state index contributed by atoms with van der Waals surface area (Å²) in [5, 5.41) is 13.9. The third kappa shape index (κ3) is 6.79. The Morgan fingerprint density at radius 3 is 2.85 bits per heavy atom. The number of carbonyl (C=O) groups excluding carboxylic acids is 1. The first-order valence-electron chi connectivity index (χ1n) is 6.02. The quantitative estimate of drug-likeness (QED) is 0.502. The Morgan fingerprint density at radius 1 is 1.45 bits per heavy atom. The van der Waals surface area contributed by atoms with Gasteiger partial charge in [-0.2, -0.15) is 11.8 Å². The van der Waals surface area contributed by atoms with E-state index in [1.807, 2.05) is 6.08 Å². The number of carboxylic acid groups (broad SMARTS) is 1. The first kappa shape index (κ1) is 16.0. The number of rotatable bonds is 8. The van der Waals surface area contributed by atoms with E-state index in [0.717, 1.165) is 11.5 Å². The fourth-order valence-electron chi connectivity index (χ4n) is 1.34. The number of aliphatic carboxylic acids is 1. The first-order chi connectivity index (χ1) is 9.61. The molecule has 0 unspecified atom stereocenters. The topological polar surface area (TPSA) is 91.3 Å². The van der Waals surface area contributed by atoms with Gasteiger partial charge in [0.25, 0.3) is 0 Å². The Kier molecular flexibility index (Phi) is 7.20. The molecule has 0 saturated carbocycles. The van der Waals surface area contributed by atoms with Crippen LogP contribution < -0.4 is 10.6 Å². The lowest BCUT2D eigenvalue weighted by atomic mass is 10.2. The van der Waals surface area contributed by atoms with E-state index in [1.54, 1.807) is 23.9 Å². The number of nitrogens with one attached hydrogen (secondary N) is 2. The first-order valence-corrected chi connectivity index (χ1v) is 7.17. The Morgan fingerprint density at radius 2 is 2.25 bits per heavy atom. The number of anilines is 1. The van der Waals surface area contributed by atoms with Gasteiger partial charge in [0.2, 0.25) is 0 Å². The fraction of sp³-hybridized carbons (Fsp3) is 0.308. The molecule has 0 saturated heterocycles. The third-order valence-electron chi connectivity index (χ3n) is 2.18. The summed E-state index contributed by atoms with van der Waals surface area (Å²) in [5.74, 6) is 0.737. The Balaban J connectivity index is 2.31. The van der Waals surface area contributed by atoms with Gasteiger partial charge in [-0.05, 0) is 12.1 Å². The second-order valence-corrected chi connectivity index (χ2v) is 5.00. The van der Waals surface area contributed by atoms with Gasteiger partial charge >= 0.3 is 12.0 Å². The van der Waals surface area contributed by atoms with Gasteiger partial charge in [0.05, 0.1) is 24.0 Å². The predicted octanol–water partition coefficient (Wildman–Crippen LogP) is 1.75. The minimum atomic E-state index is -0.937. The van der Waals surface area contributed by atoms with E-state index >= 15 is 0 Å². The molecule has 2 amide bonds. The summed E-state index contributed by atoms with van der Waals surface area (Å²) in [7, 11) is 0. The second kappa shape index (κ2) is 8.98. The smallest absolute Gasteiger partial charge is 0.319 e. The number of pyridine rings is 1. The van der Waals surface area contributed by atoms with Crippen molar-refractivity contribution in [2.24, 2.45) is 0 Å². The number of carbonyl (C=O) groups is 2. The third-order valence-corrected chi connectivity index (χ3v) is 3.15. The summed E-state index contributed by atoms with van der Waals surface area (Å²) in [6.45, 7) is 4.17. The van der Waals surface area contributed by atoms with Gasteiger partial charge in [0.1, 0.15) is 0 Å². The minimum absolute atomic E-state index is 0.132. The summed E-state index contributed by atoms with van der Waals surface area (Å²) in [6, 6.07) is 2.89. The molecular weight excluding hydrogens is 278 g/mol. The van der Waals surface area contributed by atoms with Crippen molar-refractivity contribution in [3.8, 4) is 0 Å². The lowest BCUT2D eigenvalue weighted by molar-refractivity contribution is -0.136. The number of urea groups is 1. The average Bonchev–Trinajstić information content (AvgIpc) is 2.40. The summed E-state index contributed by atoms with van der Waals surface area (Å²) in [4.78, 5) is 26.0. The maximum Gasteiger partial charge on any atom is 0.319 e. The molecule has 1 aromatic rings. The molecule has 0 aromatic carbocycles. The van der Waals surface area contributed by atoms with E-state index in [2.05, 4.69) is 22.2 Å². The van der Waals surface area contributed by atoms with Gasteiger partial charge in [-0.3, -0.25) is 9.78 Å². The molecule has 3 N–H and O–H groups in total. The van der Waals surface area contributed by atoms with Gasteiger partial charge in [-0.25, -0.2) is 4.79 Å². The van der Waals surface area contributed by atoms with Crippen LogP contribution in [-0.2, 0) is 11.2 Å². The van der Waals surface area contributed by atoms with Crippen LogP contribution in [0.3, 0.4) is 0 Å².